The van der Waals surface area contributed by atoms with Crippen molar-refractivity contribution in [1.29, 1.82) is 0 Å². The Hall–Kier alpha value is -3.34. The van der Waals surface area contributed by atoms with Crippen molar-refractivity contribution in [3.63, 3.8) is 0 Å². The summed E-state index contributed by atoms with van der Waals surface area (Å²) in [6.45, 7) is 6.16. The Morgan fingerprint density at radius 1 is 1.22 bits per heavy atom. The van der Waals surface area contributed by atoms with E-state index < -0.39 is 35.6 Å². The summed E-state index contributed by atoms with van der Waals surface area (Å²) in [5, 5.41) is 9.26. The van der Waals surface area contributed by atoms with Crippen LogP contribution in [0.25, 0.3) is 5.69 Å². The topological polar surface area (TPSA) is 118 Å². The highest BCUT2D eigenvalue weighted by molar-refractivity contribution is 6.01. The van der Waals surface area contributed by atoms with Gasteiger partial charge in [0, 0.05) is 6.54 Å². The molecular weight excluding hydrogens is 467 g/mol. The average Bonchev–Trinajstić information content (AvgIpc) is 3.23. The van der Waals surface area contributed by atoms with Crippen LogP contribution in [-0.4, -0.2) is 61.8 Å². The quantitative estimate of drug-likeness (QED) is 0.572. The summed E-state index contributed by atoms with van der Waals surface area (Å²) in [4.78, 5) is 44.3. The molecule has 2 heterocycles. The van der Waals surface area contributed by atoms with E-state index in [2.05, 4.69) is 20.7 Å². The van der Waals surface area contributed by atoms with Crippen molar-refractivity contribution < 1.29 is 23.5 Å². The van der Waals surface area contributed by atoms with Crippen LogP contribution < -0.4 is 10.6 Å². The molecule has 2 fully saturated rings. The Morgan fingerprint density at radius 2 is 2.00 bits per heavy atom. The molecule has 10 nitrogen and oxygen atoms in total. The molecule has 0 unspecified atom stereocenters. The maximum atomic E-state index is 14.1. The van der Waals surface area contributed by atoms with Crippen molar-refractivity contribution >= 4 is 17.9 Å². The Bertz CT molecular complexity index is 1100. The number of nitrogens with zero attached hydrogens (tertiary/aromatic N) is 4. The molecule has 1 aromatic carbocycles. The van der Waals surface area contributed by atoms with Crippen LogP contribution in [0, 0.1) is 11.7 Å². The van der Waals surface area contributed by atoms with Gasteiger partial charge in [-0.1, -0.05) is 12.8 Å². The smallest absolute Gasteiger partial charge is 0.408 e. The van der Waals surface area contributed by atoms with Crippen molar-refractivity contribution in [2.24, 2.45) is 5.92 Å². The number of ether oxygens (including phenoxy) is 1. The van der Waals surface area contributed by atoms with Gasteiger partial charge in [-0.3, -0.25) is 19.8 Å². The number of carbonyl (C=O) groups is 3. The van der Waals surface area contributed by atoms with E-state index in [0.717, 1.165) is 19.3 Å². The molecular formula is C25H33FN6O4. The number of imide groups is 1. The SMILES string of the molecule is CC(C)(C)OC(=O)N[C@H](CC1CC1)C(=O)NC(=O)[C@@H]1CCCN1Cc1cc(F)ccc1-n1cncn1. The summed E-state index contributed by atoms with van der Waals surface area (Å²) in [6, 6.07) is 2.99. The van der Waals surface area contributed by atoms with E-state index in [1.165, 1.54) is 24.8 Å². The minimum atomic E-state index is -0.853. The number of halogens is 1. The summed E-state index contributed by atoms with van der Waals surface area (Å²) >= 11 is 0. The summed E-state index contributed by atoms with van der Waals surface area (Å²) in [6.07, 6.45) is 6.01. The van der Waals surface area contributed by atoms with Crippen LogP contribution >= 0.6 is 0 Å². The molecule has 11 heteroatoms. The Balaban J connectivity index is 1.42. The number of carbonyl (C=O) groups excluding carboxylic acids is 3. The molecule has 0 bridgehead atoms. The van der Waals surface area contributed by atoms with E-state index in [0.29, 0.717) is 43.1 Å². The van der Waals surface area contributed by atoms with Crippen LogP contribution in [0.5, 0.6) is 0 Å². The third-order valence-electron chi connectivity index (χ3n) is 6.27. The Morgan fingerprint density at radius 3 is 2.67 bits per heavy atom. The molecule has 1 aliphatic carbocycles. The lowest BCUT2D eigenvalue weighted by Gasteiger charge is -2.26. The van der Waals surface area contributed by atoms with Crippen LogP contribution in [0.3, 0.4) is 0 Å². The zero-order chi connectivity index (χ0) is 25.9. The molecule has 2 atom stereocenters. The maximum Gasteiger partial charge on any atom is 0.408 e. The lowest BCUT2D eigenvalue weighted by molar-refractivity contribution is -0.134. The van der Waals surface area contributed by atoms with Gasteiger partial charge in [-0.05, 0) is 76.3 Å². The molecule has 0 spiro atoms. The second-order valence-corrected chi connectivity index (χ2v) is 10.5. The van der Waals surface area contributed by atoms with Gasteiger partial charge in [0.15, 0.2) is 0 Å². The maximum absolute atomic E-state index is 14.1. The fourth-order valence-electron chi connectivity index (χ4n) is 4.43. The minimum Gasteiger partial charge on any atom is -0.444 e. The highest BCUT2D eigenvalue weighted by Gasteiger charge is 2.36. The van der Waals surface area contributed by atoms with Crippen LogP contribution in [0.2, 0.25) is 0 Å². The summed E-state index contributed by atoms with van der Waals surface area (Å²) in [5.41, 5.74) is 0.624. The molecule has 2 aromatic rings. The van der Waals surface area contributed by atoms with Gasteiger partial charge in [-0.2, -0.15) is 5.10 Å². The summed E-state index contributed by atoms with van der Waals surface area (Å²) in [5.74, 6) is -1.01. The molecule has 1 saturated heterocycles. The van der Waals surface area contributed by atoms with E-state index in [9.17, 15) is 18.8 Å². The number of likely N-dealkylation sites (tertiary alicyclic amines) is 1. The van der Waals surface area contributed by atoms with Crippen molar-refractivity contribution in [1.82, 2.24) is 30.3 Å². The normalized spacial score (nSPS) is 19.1. The molecule has 1 saturated carbocycles. The number of benzene rings is 1. The Labute approximate surface area is 209 Å². The van der Waals surface area contributed by atoms with Gasteiger partial charge in [0.1, 0.15) is 30.1 Å². The molecule has 194 valence electrons. The van der Waals surface area contributed by atoms with Gasteiger partial charge >= 0.3 is 6.09 Å². The predicted octanol–water partition coefficient (Wildman–Crippen LogP) is 2.71. The number of hydrogen-bond donors (Lipinski definition) is 2. The largest absolute Gasteiger partial charge is 0.444 e. The van der Waals surface area contributed by atoms with Crippen molar-refractivity contribution in [3.8, 4) is 5.69 Å². The molecule has 4 rings (SSSR count). The van der Waals surface area contributed by atoms with Gasteiger partial charge in [0.2, 0.25) is 11.8 Å². The molecule has 3 amide bonds. The van der Waals surface area contributed by atoms with Crippen LogP contribution in [-0.2, 0) is 20.9 Å². The molecule has 0 radical (unpaired) electrons. The highest BCUT2D eigenvalue weighted by atomic mass is 19.1. The first-order chi connectivity index (χ1) is 17.1. The van der Waals surface area contributed by atoms with Gasteiger partial charge < -0.3 is 10.1 Å². The zero-order valence-electron chi connectivity index (χ0n) is 20.9. The Kier molecular flexibility index (Phi) is 7.67. The highest BCUT2D eigenvalue weighted by Crippen LogP contribution is 2.33. The first kappa shape index (κ1) is 25.7. The molecule has 36 heavy (non-hydrogen) atoms. The van der Waals surface area contributed by atoms with Crippen molar-refractivity contribution in [3.05, 3.63) is 42.2 Å². The lowest BCUT2D eigenvalue weighted by atomic mass is 10.1. The van der Waals surface area contributed by atoms with Gasteiger partial charge in [-0.15, -0.1) is 0 Å². The number of rotatable bonds is 8. The fourth-order valence-corrected chi connectivity index (χ4v) is 4.43. The average molecular weight is 501 g/mol. The van der Waals surface area contributed by atoms with E-state index in [1.807, 2.05) is 4.90 Å². The number of alkyl carbamates (subject to hydrolysis) is 1. The van der Waals surface area contributed by atoms with Gasteiger partial charge in [0.05, 0.1) is 11.7 Å². The minimum absolute atomic E-state index is 0.306. The third kappa shape index (κ3) is 6.87. The van der Waals surface area contributed by atoms with Crippen molar-refractivity contribution in [2.75, 3.05) is 6.54 Å². The number of nitrogens with one attached hydrogen (secondary N) is 2. The van der Waals surface area contributed by atoms with E-state index in [1.54, 1.807) is 31.5 Å². The first-order valence-corrected chi connectivity index (χ1v) is 12.3. The second kappa shape index (κ2) is 10.7. The predicted molar refractivity (Wildman–Crippen MR) is 128 cm³/mol. The van der Waals surface area contributed by atoms with Crippen molar-refractivity contribution in [2.45, 2.75) is 77.1 Å². The molecule has 1 aliphatic heterocycles. The second-order valence-electron chi connectivity index (χ2n) is 10.5. The van der Waals surface area contributed by atoms with Gasteiger partial charge in [-0.25, -0.2) is 18.9 Å². The third-order valence-corrected chi connectivity index (χ3v) is 6.27. The summed E-state index contributed by atoms with van der Waals surface area (Å²) in [7, 11) is 0. The fraction of sp³-hybridized carbons (Fsp3) is 0.560. The van der Waals surface area contributed by atoms with E-state index in [-0.39, 0.29) is 5.82 Å². The number of aromatic nitrogens is 3. The van der Waals surface area contributed by atoms with E-state index in [4.69, 9.17) is 4.74 Å². The van der Waals surface area contributed by atoms with Crippen LogP contribution in [0.1, 0.15) is 58.4 Å². The van der Waals surface area contributed by atoms with E-state index >= 15 is 0 Å². The summed E-state index contributed by atoms with van der Waals surface area (Å²) < 4.78 is 20.9. The molecule has 2 aliphatic rings. The van der Waals surface area contributed by atoms with Crippen LogP contribution in [0.4, 0.5) is 9.18 Å². The lowest BCUT2D eigenvalue weighted by Crippen LogP contribution is -2.53. The standard InChI is InChI=1S/C25H33FN6O4/c1-25(2,3)36-24(35)29-19(11-16-6-7-16)22(33)30-23(34)21-5-4-10-31(21)13-17-12-18(26)8-9-20(17)32-15-27-14-28-32/h8-9,12,14-16,19,21H,4-7,10-11,13H2,1-3H3,(H,29,35)(H,30,33,34)/t19-,21+/m1/s1. The zero-order valence-corrected chi connectivity index (χ0v) is 20.9. The van der Waals surface area contributed by atoms with Gasteiger partial charge in [0.25, 0.3) is 0 Å². The number of amides is 3. The van der Waals surface area contributed by atoms with Crippen LogP contribution in [0.15, 0.2) is 30.9 Å². The number of hydrogen-bond acceptors (Lipinski definition) is 7. The molecule has 1 aromatic heterocycles. The molecule has 2 N–H and O–H groups in total. The monoisotopic (exact) mass is 500 g/mol. The first-order valence-electron chi connectivity index (χ1n) is 12.3.